The molecule has 1 atom stereocenters. The summed E-state index contributed by atoms with van der Waals surface area (Å²) >= 11 is 5.98. The quantitative estimate of drug-likeness (QED) is 0.597. The number of hydrogen-bond acceptors (Lipinski definition) is 2. The average Bonchev–Trinajstić information content (AvgIpc) is 2.32. The topological polar surface area (TPSA) is 26.3 Å². The fourth-order valence-electron chi connectivity index (χ4n) is 2.12. The summed E-state index contributed by atoms with van der Waals surface area (Å²) in [5.41, 5.74) is 0.439. The van der Waals surface area contributed by atoms with Gasteiger partial charge in [-0.2, -0.15) is 0 Å². The first-order valence-corrected chi connectivity index (χ1v) is 6.76. The maximum atomic E-state index is 11.0. The van der Waals surface area contributed by atoms with Gasteiger partial charge < -0.3 is 4.74 Å². The largest absolute Gasteiger partial charge is 0.486 e. The van der Waals surface area contributed by atoms with E-state index in [1.54, 1.807) is 18.2 Å². The minimum Gasteiger partial charge on any atom is -0.486 e. The zero-order valence-corrected chi connectivity index (χ0v) is 11.0. The van der Waals surface area contributed by atoms with Gasteiger partial charge in [-0.05, 0) is 43.9 Å². The molecule has 1 aliphatic carbocycles. The second-order valence-corrected chi connectivity index (χ2v) is 4.90. The van der Waals surface area contributed by atoms with E-state index >= 15 is 0 Å². The van der Waals surface area contributed by atoms with Crippen molar-refractivity contribution in [1.29, 1.82) is 0 Å². The number of carbonyl (C=O) groups excluding carboxylic acids is 1. The predicted octanol–water partition coefficient (Wildman–Crippen LogP) is 4.42. The summed E-state index contributed by atoms with van der Waals surface area (Å²) in [5.74, 6) is 0.577. The number of aldehydes is 1. The maximum Gasteiger partial charge on any atom is 0.155 e. The summed E-state index contributed by atoms with van der Waals surface area (Å²) in [7, 11) is 0. The first kappa shape index (κ1) is 13.2. The first-order chi connectivity index (χ1) is 8.81. The average molecular weight is 265 g/mol. The van der Waals surface area contributed by atoms with Gasteiger partial charge in [0.1, 0.15) is 11.9 Å². The third kappa shape index (κ3) is 3.36. The molecule has 0 bridgehead atoms. The first-order valence-electron chi connectivity index (χ1n) is 6.38. The highest BCUT2D eigenvalue weighted by atomic mass is 35.5. The molecule has 0 N–H and O–H groups in total. The van der Waals surface area contributed by atoms with Crippen LogP contribution in [0, 0.1) is 0 Å². The van der Waals surface area contributed by atoms with Crippen molar-refractivity contribution in [1.82, 2.24) is 0 Å². The van der Waals surface area contributed by atoms with Gasteiger partial charge in [-0.1, -0.05) is 30.2 Å². The van der Waals surface area contributed by atoms with Crippen LogP contribution in [-0.4, -0.2) is 12.4 Å². The van der Waals surface area contributed by atoms with Crippen LogP contribution in [0.4, 0.5) is 0 Å². The summed E-state index contributed by atoms with van der Waals surface area (Å²) in [6.45, 7) is 0. The van der Waals surface area contributed by atoms with Crippen molar-refractivity contribution in [2.75, 3.05) is 0 Å². The molecule has 0 saturated heterocycles. The van der Waals surface area contributed by atoms with Gasteiger partial charge in [-0.15, -0.1) is 0 Å². The van der Waals surface area contributed by atoms with Gasteiger partial charge in [0.2, 0.25) is 0 Å². The lowest BCUT2D eigenvalue weighted by atomic mass is 10.0. The van der Waals surface area contributed by atoms with Crippen LogP contribution in [-0.2, 0) is 0 Å². The Hall–Kier alpha value is -1.28. The van der Waals surface area contributed by atoms with E-state index in [2.05, 4.69) is 12.2 Å². The van der Waals surface area contributed by atoms with Crippen LogP contribution in [0.3, 0.4) is 0 Å². The molecule has 0 aromatic heterocycles. The molecular weight excluding hydrogens is 248 g/mol. The lowest BCUT2D eigenvalue weighted by Gasteiger charge is -2.18. The molecule has 3 heteroatoms. The van der Waals surface area contributed by atoms with Crippen LogP contribution in [0.1, 0.15) is 42.5 Å². The molecule has 1 aromatic rings. The molecule has 1 aliphatic rings. The molecule has 0 spiro atoms. The lowest BCUT2D eigenvalue weighted by molar-refractivity contribution is 0.111. The molecule has 18 heavy (non-hydrogen) atoms. The Balaban J connectivity index is 2.14. The highest BCUT2D eigenvalue weighted by Gasteiger charge is 2.13. The van der Waals surface area contributed by atoms with Crippen LogP contribution in [0.5, 0.6) is 5.75 Å². The number of carbonyl (C=O) groups is 1. The van der Waals surface area contributed by atoms with Crippen LogP contribution >= 0.6 is 11.6 Å². The van der Waals surface area contributed by atoms with E-state index in [4.69, 9.17) is 16.3 Å². The Kier molecular flexibility index (Phi) is 4.82. The molecule has 96 valence electrons. The van der Waals surface area contributed by atoms with Gasteiger partial charge in [0, 0.05) is 0 Å². The van der Waals surface area contributed by atoms with E-state index in [-0.39, 0.29) is 6.10 Å². The molecule has 0 amide bonds. The molecule has 2 rings (SSSR count). The molecule has 1 unspecified atom stereocenters. The maximum absolute atomic E-state index is 11.0. The monoisotopic (exact) mass is 264 g/mol. The third-order valence-corrected chi connectivity index (χ3v) is 3.45. The normalized spacial score (nSPS) is 21.7. The number of rotatable bonds is 3. The second-order valence-electron chi connectivity index (χ2n) is 4.49. The molecule has 0 radical (unpaired) electrons. The number of halogens is 1. The third-order valence-electron chi connectivity index (χ3n) is 3.12. The van der Waals surface area contributed by atoms with Crippen molar-refractivity contribution in [2.24, 2.45) is 0 Å². The summed E-state index contributed by atoms with van der Waals surface area (Å²) in [4.78, 5) is 11.0. The number of ether oxygens (including phenoxy) is 1. The highest BCUT2D eigenvalue weighted by molar-refractivity contribution is 6.33. The molecular formula is C15H17ClO2. The molecule has 0 heterocycles. The predicted molar refractivity (Wildman–Crippen MR) is 73.5 cm³/mol. The summed E-state index contributed by atoms with van der Waals surface area (Å²) < 4.78 is 5.89. The smallest absolute Gasteiger partial charge is 0.155 e. The molecule has 0 aliphatic heterocycles. The van der Waals surface area contributed by atoms with Crippen LogP contribution < -0.4 is 4.74 Å². The van der Waals surface area contributed by atoms with E-state index in [1.807, 2.05) is 0 Å². The zero-order valence-electron chi connectivity index (χ0n) is 10.3. The van der Waals surface area contributed by atoms with E-state index in [0.29, 0.717) is 16.3 Å². The summed E-state index contributed by atoms with van der Waals surface area (Å²) in [6.07, 6.45) is 10.8. The van der Waals surface area contributed by atoms with Crippen molar-refractivity contribution in [3.63, 3.8) is 0 Å². The van der Waals surface area contributed by atoms with Crippen molar-refractivity contribution in [2.45, 2.75) is 38.2 Å². The van der Waals surface area contributed by atoms with Gasteiger partial charge in [0.05, 0.1) is 10.6 Å². The second kappa shape index (κ2) is 6.60. The van der Waals surface area contributed by atoms with E-state index in [9.17, 15) is 4.79 Å². The van der Waals surface area contributed by atoms with Gasteiger partial charge in [0.15, 0.2) is 6.29 Å². The van der Waals surface area contributed by atoms with Crippen molar-refractivity contribution < 1.29 is 9.53 Å². The number of allylic oxidation sites excluding steroid dienone is 1. The molecule has 1 aromatic carbocycles. The molecule has 0 fully saturated rings. The SMILES string of the molecule is O=Cc1c(Cl)cccc1OC1/C=C/CCCCC1. The Morgan fingerprint density at radius 1 is 1.28 bits per heavy atom. The van der Waals surface area contributed by atoms with Gasteiger partial charge in [-0.3, -0.25) is 4.79 Å². The Morgan fingerprint density at radius 3 is 3.00 bits per heavy atom. The van der Waals surface area contributed by atoms with Gasteiger partial charge in [0.25, 0.3) is 0 Å². The minimum atomic E-state index is 0.0440. The Labute approximate surface area is 113 Å². The number of benzene rings is 1. The van der Waals surface area contributed by atoms with E-state index < -0.39 is 0 Å². The van der Waals surface area contributed by atoms with Crippen LogP contribution in [0.25, 0.3) is 0 Å². The molecule has 0 saturated carbocycles. The lowest BCUT2D eigenvalue weighted by Crippen LogP contribution is -2.15. The van der Waals surface area contributed by atoms with Crippen molar-refractivity contribution >= 4 is 17.9 Å². The zero-order chi connectivity index (χ0) is 12.8. The Morgan fingerprint density at radius 2 is 2.17 bits per heavy atom. The minimum absolute atomic E-state index is 0.0440. The molecule has 2 nitrogen and oxygen atoms in total. The fraction of sp³-hybridized carbons (Fsp3) is 0.400. The highest BCUT2D eigenvalue weighted by Crippen LogP contribution is 2.27. The standard InChI is InChI=1S/C15H17ClO2/c16-14-9-6-10-15(13(14)11-17)18-12-7-4-2-1-3-5-8-12/h4,6-7,9-12H,1-3,5,8H2/b7-4+. The van der Waals surface area contributed by atoms with Gasteiger partial charge >= 0.3 is 0 Å². The Bertz CT molecular complexity index is 440. The van der Waals surface area contributed by atoms with Crippen molar-refractivity contribution in [3.8, 4) is 5.75 Å². The summed E-state index contributed by atoms with van der Waals surface area (Å²) in [6, 6.07) is 5.30. The van der Waals surface area contributed by atoms with E-state index in [1.165, 1.54) is 12.8 Å². The van der Waals surface area contributed by atoms with Crippen LogP contribution in [0.15, 0.2) is 30.4 Å². The fourth-order valence-corrected chi connectivity index (χ4v) is 2.33. The number of hydrogen-bond donors (Lipinski definition) is 0. The summed E-state index contributed by atoms with van der Waals surface area (Å²) in [5, 5.41) is 0.442. The van der Waals surface area contributed by atoms with Crippen molar-refractivity contribution in [3.05, 3.63) is 40.9 Å². The van der Waals surface area contributed by atoms with Crippen LogP contribution in [0.2, 0.25) is 5.02 Å². The van der Waals surface area contributed by atoms with E-state index in [0.717, 1.165) is 25.5 Å². The van der Waals surface area contributed by atoms with Gasteiger partial charge in [-0.25, -0.2) is 0 Å².